The molecule has 9 heteroatoms. The summed E-state index contributed by atoms with van der Waals surface area (Å²) in [4.78, 5) is 33.0. The number of benzene rings is 2. The molecule has 7 rings (SSSR count). The molecule has 9 nitrogen and oxygen atoms in total. The lowest BCUT2D eigenvalue weighted by Crippen LogP contribution is -2.46. The summed E-state index contributed by atoms with van der Waals surface area (Å²) >= 11 is 0. The Kier molecular flexibility index (Phi) is 7.36. The number of aromatic nitrogens is 3. The molecule has 0 saturated carbocycles. The maximum absolute atomic E-state index is 13.2. The van der Waals surface area contributed by atoms with Gasteiger partial charge >= 0.3 is 6.03 Å². The number of H-pyrrole nitrogens is 1. The van der Waals surface area contributed by atoms with Gasteiger partial charge in [-0.2, -0.15) is 4.98 Å². The smallest absolute Gasteiger partial charge is 0.322 e. The molecular weight excluding hydrogens is 536 g/mol. The number of nitrogens with zero attached hydrogens (tertiary/aromatic N) is 5. The van der Waals surface area contributed by atoms with E-state index < -0.39 is 0 Å². The van der Waals surface area contributed by atoms with Crippen molar-refractivity contribution < 1.29 is 4.79 Å². The molecule has 3 aliphatic heterocycles. The highest BCUT2D eigenvalue weighted by molar-refractivity contribution is 5.97. The summed E-state index contributed by atoms with van der Waals surface area (Å²) in [5.74, 6) is 0.224. The van der Waals surface area contributed by atoms with Crippen LogP contribution in [0, 0.1) is 6.92 Å². The Morgan fingerprint density at radius 1 is 1.05 bits per heavy atom. The molecule has 43 heavy (non-hydrogen) atoms. The first kappa shape index (κ1) is 27.6. The zero-order chi connectivity index (χ0) is 29.5. The van der Waals surface area contributed by atoms with Crippen molar-refractivity contribution in [1.29, 1.82) is 0 Å². The van der Waals surface area contributed by atoms with Crippen LogP contribution in [0.15, 0.2) is 54.6 Å². The van der Waals surface area contributed by atoms with Gasteiger partial charge in [0.15, 0.2) is 0 Å². The number of piperidine rings is 1. The average molecular weight is 577 g/mol. The molecule has 4 N–H and O–H groups in total. The molecular formula is C34H40N8O. The van der Waals surface area contributed by atoms with Crippen molar-refractivity contribution in [3.8, 4) is 11.3 Å². The van der Waals surface area contributed by atoms with Gasteiger partial charge in [0, 0.05) is 54.6 Å². The van der Waals surface area contributed by atoms with E-state index in [0.29, 0.717) is 19.1 Å². The first-order valence-electron chi connectivity index (χ1n) is 15.5. The summed E-state index contributed by atoms with van der Waals surface area (Å²) in [6.07, 6.45) is 5.88. The normalized spacial score (nSPS) is 18.2. The van der Waals surface area contributed by atoms with Crippen LogP contribution in [-0.4, -0.2) is 74.4 Å². The van der Waals surface area contributed by atoms with Gasteiger partial charge in [-0.05, 0) is 80.2 Å². The first-order chi connectivity index (χ1) is 21.0. The maximum atomic E-state index is 13.2. The second-order valence-corrected chi connectivity index (χ2v) is 12.0. The van der Waals surface area contributed by atoms with Crippen molar-refractivity contribution in [2.24, 2.45) is 0 Å². The highest BCUT2D eigenvalue weighted by Gasteiger charge is 2.27. The molecule has 2 aromatic carbocycles. The zero-order valence-electron chi connectivity index (χ0n) is 25.1. The summed E-state index contributed by atoms with van der Waals surface area (Å²) < 4.78 is 0. The average Bonchev–Trinajstić information content (AvgIpc) is 3.67. The molecule has 1 fully saturated rings. The van der Waals surface area contributed by atoms with Crippen molar-refractivity contribution >= 4 is 34.3 Å². The molecule has 0 unspecified atom stereocenters. The second kappa shape index (κ2) is 11.5. The number of nitrogens with one attached hydrogen (secondary N) is 2. The Bertz CT molecular complexity index is 1680. The topological polar surface area (TPSA) is 106 Å². The third-order valence-corrected chi connectivity index (χ3v) is 9.57. The molecule has 222 valence electrons. The minimum atomic E-state index is -0.109. The quantitative estimate of drug-likeness (QED) is 0.284. The number of fused-ring (bicyclic) bond motifs is 2. The van der Waals surface area contributed by atoms with Crippen LogP contribution in [0.2, 0.25) is 0 Å². The Balaban J connectivity index is 1.11. The van der Waals surface area contributed by atoms with E-state index in [1.807, 2.05) is 42.2 Å². The number of carbonyl (C=O) groups is 1. The van der Waals surface area contributed by atoms with Crippen molar-refractivity contribution in [3.05, 3.63) is 77.0 Å². The highest BCUT2D eigenvalue weighted by Crippen LogP contribution is 2.35. The molecule has 2 aromatic heterocycles. The van der Waals surface area contributed by atoms with Crippen molar-refractivity contribution in [1.82, 2.24) is 29.7 Å². The lowest BCUT2D eigenvalue weighted by Gasteiger charge is -2.39. The molecule has 0 atom stereocenters. The van der Waals surface area contributed by atoms with Crippen molar-refractivity contribution in [2.75, 3.05) is 43.8 Å². The number of urea groups is 1. The second-order valence-electron chi connectivity index (χ2n) is 12.0. The number of carbonyl (C=O) groups excluding carboxylic acids is 1. The third kappa shape index (κ3) is 5.39. The standard InChI is InChI=1S/C34H40N8O/c1-3-40-15-13-26(14-16-40)41-17-11-23(12-18-41)30-19-28-31(38-33(35)39-32(28)36-30)27-9-6-10-29(22(27)2)37-34(43)42-20-24-7-4-5-8-25(24)21-42/h4-11,19,26H,3,12-18,20-21H2,1-2H3,(H,37,43)(H3,35,36,38,39). The minimum Gasteiger partial charge on any atom is -0.368 e. The third-order valence-electron chi connectivity index (χ3n) is 9.57. The van der Waals surface area contributed by atoms with Gasteiger partial charge in [-0.1, -0.05) is 49.4 Å². The summed E-state index contributed by atoms with van der Waals surface area (Å²) in [5, 5.41) is 4.07. The number of aromatic amines is 1. The van der Waals surface area contributed by atoms with Gasteiger partial charge in [-0.25, -0.2) is 9.78 Å². The Morgan fingerprint density at radius 2 is 1.81 bits per heavy atom. The molecule has 1 saturated heterocycles. The number of amides is 2. The fourth-order valence-electron chi connectivity index (χ4n) is 6.97. The number of hydrogen-bond donors (Lipinski definition) is 3. The van der Waals surface area contributed by atoms with Gasteiger partial charge in [-0.3, -0.25) is 4.90 Å². The van der Waals surface area contributed by atoms with E-state index in [1.165, 1.54) is 42.6 Å². The van der Waals surface area contributed by atoms with Crippen LogP contribution in [0.25, 0.3) is 27.9 Å². The molecule has 0 spiro atoms. The van der Waals surface area contributed by atoms with Crippen molar-refractivity contribution in [3.63, 3.8) is 0 Å². The van der Waals surface area contributed by atoms with Gasteiger partial charge in [0.1, 0.15) is 5.65 Å². The molecule has 0 radical (unpaired) electrons. The van der Waals surface area contributed by atoms with Crippen LogP contribution in [0.3, 0.4) is 0 Å². The van der Waals surface area contributed by atoms with E-state index in [2.05, 4.69) is 56.3 Å². The number of nitrogen functional groups attached to an aromatic ring is 1. The number of anilines is 2. The fourth-order valence-corrected chi connectivity index (χ4v) is 6.97. The van der Waals surface area contributed by atoms with Crippen LogP contribution in [0.5, 0.6) is 0 Å². The minimum absolute atomic E-state index is 0.109. The highest BCUT2D eigenvalue weighted by atomic mass is 16.2. The lowest BCUT2D eigenvalue weighted by molar-refractivity contribution is 0.120. The first-order valence-corrected chi connectivity index (χ1v) is 15.5. The number of hydrogen-bond acceptors (Lipinski definition) is 6. The fraction of sp³-hybridized carbons (Fsp3) is 0.382. The number of nitrogens with two attached hydrogens (primary N) is 1. The Hall–Kier alpha value is -4.21. The van der Waals surface area contributed by atoms with Gasteiger partial charge in [0.25, 0.3) is 0 Å². The van der Waals surface area contributed by atoms with Gasteiger partial charge in [-0.15, -0.1) is 0 Å². The predicted molar refractivity (Wildman–Crippen MR) is 172 cm³/mol. The monoisotopic (exact) mass is 576 g/mol. The summed E-state index contributed by atoms with van der Waals surface area (Å²) in [7, 11) is 0. The van der Waals surface area contributed by atoms with Crippen LogP contribution >= 0.6 is 0 Å². The molecule has 5 heterocycles. The summed E-state index contributed by atoms with van der Waals surface area (Å²) in [5.41, 5.74) is 15.1. The molecule has 3 aliphatic rings. The largest absolute Gasteiger partial charge is 0.368 e. The molecule has 0 bridgehead atoms. The predicted octanol–water partition coefficient (Wildman–Crippen LogP) is 5.64. The Morgan fingerprint density at radius 3 is 2.51 bits per heavy atom. The number of rotatable bonds is 5. The van der Waals surface area contributed by atoms with E-state index >= 15 is 0 Å². The molecule has 0 aliphatic carbocycles. The van der Waals surface area contributed by atoms with E-state index in [4.69, 9.17) is 10.7 Å². The summed E-state index contributed by atoms with van der Waals surface area (Å²) in [6.45, 7) is 11.1. The van der Waals surface area contributed by atoms with E-state index in [9.17, 15) is 4.79 Å². The zero-order valence-corrected chi connectivity index (χ0v) is 25.1. The van der Waals surface area contributed by atoms with E-state index in [0.717, 1.165) is 65.3 Å². The van der Waals surface area contributed by atoms with E-state index in [-0.39, 0.29) is 12.0 Å². The molecule has 4 aromatic rings. The van der Waals surface area contributed by atoms with Crippen LogP contribution in [0.4, 0.5) is 16.4 Å². The van der Waals surface area contributed by atoms with Gasteiger partial charge in [0.05, 0.1) is 5.69 Å². The number of likely N-dealkylation sites (tertiary alicyclic amines) is 1. The van der Waals surface area contributed by atoms with Gasteiger partial charge < -0.3 is 25.8 Å². The maximum Gasteiger partial charge on any atom is 0.322 e. The summed E-state index contributed by atoms with van der Waals surface area (Å²) in [6, 6.07) is 16.9. The SMILES string of the molecule is CCN1CCC(N2CC=C(c3cc4c(-c5cccc(NC(=O)N6Cc7ccccc7C6)c5C)nc(N)nc4[nH]3)CC2)CC1. The molecule has 2 amide bonds. The Labute approximate surface area is 252 Å². The lowest BCUT2D eigenvalue weighted by atomic mass is 9.98. The van der Waals surface area contributed by atoms with Crippen LogP contribution < -0.4 is 11.1 Å². The van der Waals surface area contributed by atoms with Crippen LogP contribution in [-0.2, 0) is 13.1 Å². The van der Waals surface area contributed by atoms with Crippen molar-refractivity contribution in [2.45, 2.75) is 52.2 Å². The van der Waals surface area contributed by atoms with Gasteiger partial charge in [0.2, 0.25) is 5.95 Å². The van der Waals surface area contributed by atoms with Crippen LogP contribution in [0.1, 0.15) is 48.6 Å². The van der Waals surface area contributed by atoms with E-state index in [1.54, 1.807) is 0 Å².